The first-order chi connectivity index (χ1) is 6.57. The van der Waals surface area contributed by atoms with Crippen molar-refractivity contribution in [2.45, 2.75) is 24.4 Å². The molecule has 89 valence electrons. The summed E-state index contributed by atoms with van der Waals surface area (Å²) in [6.45, 7) is -0.371. The van der Waals surface area contributed by atoms with Crippen LogP contribution in [0.4, 0.5) is 0 Å². The van der Waals surface area contributed by atoms with Crippen molar-refractivity contribution in [2.24, 2.45) is 0 Å². The van der Waals surface area contributed by atoms with Crippen molar-refractivity contribution in [3.8, 4) is 0 Å². The fourth-order valence-electron chi connectivity index (χ4n) is 1.00. The third-order valence-electron chi connectivity index (χ3n) is 1.80. The number of carbonyl (C=O) groups is 1. The van der Waals surface area contributed by atoms with Gasteiger partial charge in [0.25, 0.3) is 0 Å². The first-order valence-electron chi connectivity index (χ1n) is 3.79. The minimum atomic E-state index is -1.92. The molecular formula is C6H12O8Sb. The van der Waals surface area contributed by atoms with E-state index in [2.05, 4.69) is 0 Å². The molecular weight excluding hydrogens is 322 g/mol. The van der Waals surface area contributed by atoms with Gasteiger partial charge in [0.15, 0.2) is 0 Å². The van der Waals surface area contributed by atoms with Crippen LogP contribution in [0.5, 0.6) is 0 Å². The molecule has 4 atom stereocenters. The molecule has 6 N–H and O–H groups in total. The van der Waals surface area contributed by atoms with Crippen LogP contribution in [0.1, 0.15) is 0 Å². The summed E-state index contributed by atoms with van der Waals surface area (Å²) in [4.78, 5) is 10.3. The number of aliphatic hydroxyl groups is 3. The van der Waals surface area contributed by atoms with E-state index in [0.29, 0.717) is 0 Å². The van der Waals surface area contributed by atoms with Gasteiger partial charge in [-0.2, -0.15) is 0 Å². The van der Waals surface area contributed by atoms with Gasteiger partial charge < -0.3 is 5.48 Å². The van der Waals surface area contributed by atoms with Crippen LogP contribution >= 0.6 is 0 Å². The van der Waals surface area contributed by atoms with E-state index < -0.39 is 52.8 Å². The molecule has 0 spiro atoms. The molecule has 0 aromatic rings. The van der Waals surface area contributed by atoms with Crippen molar-refractivity contribution in [1.82, 2.24) is 0 Å². The first-order valence-corrected chi connectivity index (χ1v) is 5.88. The molecule has 1 saturated heterocycles. The van der Waals surface area contributed by atoms with Crippen LogP contribution in [0.25, 0.3) is 0 Å². The van der Waals surface area contributed by atoms with E-state index in [9.17, 15) is 9.90 Å². The van der Waals surface area contributed by atoms with Gasteiger partial charge >= 0.3 is 90.7 Å². The van der Waals surface area contributed by atoms with Gasteiger partial charge in [-0.3, -0.25) is 0 Å². The molecule has 1 unspecified atom stereocenters. The molecule has 0 bridgehead atoms. The Bertz CT molecular complexity index is 211. The Morgan fingerprint density at radius 3 is 2.47 bits per heavy atom. The van der Waals surface area contributed by atoms with Crippen LogP contribution in [-0.2, 0) is 10.8 Å². The summed E-state index contributed by atoms with van der Waals surface area (Å²) in [6, 6.07) is 0. The number of rotatable bonds is 4. The molecule has 0 aliphatic carbocycles. The standard InChI is InChI=1S/C6H10O7.H2O.Sb/c7-1-2(8)3(9)4(10)5(11)6(12)13;;/h2-5,7,10-11H,1H2,(H,12,13);1H2;/q-2;;+2/t2-,3?,4+,5+;;/m1../s1. The van der Waals surface area contributed by atoms with E-state index in [1.807, 2.05) is 0 Å². The normalized spacial score (nSPS) is 29.3. The fourth-order valence-corrected chi connectivity index (χ4v) is 3.02. The van der Waals surface area contributed by atoms with E-state index in [4.69, 9.17) is 21.4 Å². The van der Waals surface area contributed by atoms with E-state index in [0.717, 1.165) is 0 Å². The quantitative estimate of drug-likeness (QED) is 0.386. The predicted octanol–water partition coefficient (Wildman–Crippen LogP) is -3.72. The molecule has 0 aromatic heterocycles. The van der Waals surface area contributed by atoms with Gasteiger partial charge in [0.05, 0.1) is 0 Å². The summed E-state index contributed by atoms with van der Waals surface area (Å²) >= 11 is -1.38. The van der Waals surface area contributed by atoms with Crippen molar-refractivity contribution >= 4 is 28.4 Å². The Labute approximate surface area is 96.4 Å². The second-order valence-electron chi connectivity index (χ2n) is 2.74. The van der Waals surface area contributed by atoms with Crippen LogP contribution in [0.2, 0.25) is 0 Å². The zero-order valence-corrected chi connectivity index (χ0v) is 10.0. The zero-order chi connectivity index (χ0) is 10.7. The molecule has 1 heterocycles. The fraction of sp³-hybridized carbons (Fsp3) is 0.833. The average Bonchev–Trinajstić information content (AvgIpc) is 2.62. The van der Waals surface area contributed by atoms with Crippen molar-refractivity contribution in [3.05, 3.63) is 0 Å². The molecule has 1 aliphatic heterocycles. The number of carboxylic acids is 1. The van der Waals surface area contributed by atoms with Gasteiger partial charge in [0.1, 0.15) is 0 Å². The Balaban J connectivity index is 0.00000196. The molecule has 0 amide bonds. The zero-order valence-electron chi connectivity index (χ0n) is 7.48. The second-order valence-corrected chi connectivity index (χ2v) is 4.37. The molecule has 0 saturated carbocycles. The summed E-state index contributed by atoms with van der Waals surface area (Å²) in [5, 5.41) is 35.6. The third kappa shape index (κ3) is 3.53. The molecule has 9 heteroatoms. The maximum atomic E-state index is 10.3. The second kappa shape index (κ2) is 6.59. The SMILES string of the molecule is O.O=C(O)[C@@H](O)[C@@H](O)C1[O][Sb][O][C@@H]1CO. The summed E-state index contributed by atoms with van der Waals surface area (Å²) in [5.41, 5.74) is 0. The van der Waals surface area contributed by atoms with Crippen molar-refractivity contribution < 1.29 is 36.7 Å². The number of hydrogen-bond donors (Lipinski definition) is 4. The van der Waals surface area contributed by atoms with E-state index in [1.54, 1.807) is 0 Å². The maximum absolute atomic E-state index is 10.3. The average molecular weight is 334 g/mol. The Kier molecular flexibility index (Phi) is 6.61. The van der Waals surface area contributed by atoms with Gasteiger partial charge in [-0.15, -0.1) is 0 Å². The van der Waals surface area contributed by atoms with Crippen LogP contribution in [-0.4, -0.2) is 85.4 Å². The summed E-state index contributed by atoms with van der Waals surface area (Å²) in [5.74, 6) is -1.53. The molecule has 8 nitrogen and oxygen atoms in total. The van der Waals surface area contributed by atoms with Crippen LogP contribution in [0, 0.1) is 0 Å². The van der Waals surface area contributed by atoms with Gasteiger partial charge in [0, 0.05) is 0 Å². The summed E-state index contributed by atoms with van der Waals surface area (Å²) in [6.07, 6.45) is -5.20. The topological polar surface area (TPSA) is 148 Å². The molecule has 1 fully saturated rings. The first kappa shape index (κ1) is 15.0. The van der Waals surface area contributed by atoms with Gasteiger partial charge in [-0.1, -0.05) is 0 Å². The number of aliphatic carboxylic acids is 1. The summed E-state index contributed by atoms with van der Waals surface area (Å²) in [7, 11) is 0. The van der Waals surface area contributed by atoms with Crippen molar-refractivity contribution in [3.63, 3.8) is 0 Å². The number of aliphatic hydroxyl groups excluding tert-OH is 3. The molecule has 1 rings (SSSR count). The van der Waals surface area contributed by atoms with Crippen LogP contribution in [0.15, 0.2) is 0 Å². The Hall–Kier alpha value is 0.0482. The molecule has 1 aliphatic rings. The molecule has 0 aromatic carbocycles. The van der Waals surface area contributed by atoms with Gasteiger partial charge in [-0.05, 0) is 0 Å². The molecule has 15 heavy (non-hydrogen) atoms. The van der Waals surface area contributed by atoms with Crippen molar-refractivity contribution in [2.75, 3.05) is 6.61 Å². The number of carboxylic acid groups (broad SMARTS) is 1. The Morgan fingerprint density at radius 2 is 2.00 bits per heavy atom. The van der Waals surface area contributed by atoms with E-state index >= 15 is 0 Å². The predicted molar refractivity (Wildman–Crippen MR) is 45.8 cm³/mol. The van der Waals surface area contributed by atoms with E-state index in [1.165, 1.54) is 0 Å². The monoisotopic (exact) mass is 333 g/mol. The molecule has 1 radical (unpaired) electrons. The number of hydrogen-bond acceptors (Lipinski definition) is 6. The van der Waals surface area contributed by atoms with E-state index in [-0.39, 0.29) is 12.1 Å². The minimum absolute atomic E-state index is 0. The van der Waals surface area contributed by atoms with Crippen LogP contribution in [0.3, 0.4) is 0 Å². The summed E-state index contributed by atoms with van der Waals surface area (Å²) < 4.78 is 9.96. The third-order valence-corrected chi connectivity index (χ3v) is 3.76. The van der Waals surface area contributed by atoms with Crippen LogP contribution < -0.4 is 0 Å². The van der Waals surface area contributed by atoms with Gasteiger partial charge in [-0.25, -0.2) is 0 Å². The van der Waals surface area contributed by atoms with Gasteiger partial charge in [0.2, 0.25) is 0 Å². The Morgan fingerprint density at radius 1 is 1.40 bits per heavy atom. The van der Waals surface area contributed by atoms with Crippen molar-refractivity contribution in [1.29, 1.82) is 0 Å².